The Morgan fingerprint density at radius 3 is 2.68 bits per heavy atom. The minimum atomic E-state index is 0.260. The lowest BCUT2D eigenvalue weighted by Gasteiger charge is -2.32. The molecule has 1 saturated carbocycles. The molecule has 1 aromatic rings. The SMILES string of the molecule is CSc1cccc(OC2CCC(C)C(C)C2)c1C#N. The lowest BCUT2D eigenvalue weighted by atomic mass is 9.80. The van der Waals surface area contributed by atoms with Crippen molar-refractivity contribution in [3.8, 4) is 11.8 Å². The molecular formula is C16H21NOS. The third kappa shape index (κ3) is 3.25. The van der Waals surface area contributed by atoms with Gasteiger partial charge in [0.2, 0.25) is 0 Å². The van der Waals surface area contributed by atoms with E-state index in [1.807, 2.05) is 24.5 Å². The van der Waals surface area contributed by atoms with E-state index in [0.717, 1.165) is 29.4 Å². The van der Waals surface area contributed by atoms with Crippen molar-refractivity contribution in [2.24, 2.45) is 11.8 Å². The highest BCUT2D eigenvalue weighted by Crippen LogP contribution is 2.34. The van der Waals surface area contributed by atoms with Crippen LogP contribution in [0, 0.1) is 23.2 Å². The van der Waals surface area contributed by atoms with Crippen LogP contribution in [0.5, 0.6) is 5.75 Å². The van der Waals surface area contributed by atoms with Crippen molar-refractivity contribution in [2.45, 2.75) is 44.1 Å². The fraction of sp³-hybridized carbons (Fsp3) is 0.562. The predicted molar refractivity (Wildman–Crippen MR) is 79.5 cm³/mol. The maximum absolute atomic E-state index is 9.31. The lowest BCUT2D eigenvalue weighted by molar-refractivity contribution is 0.100. The number of nitriles is 1. The highest BCUT2D eigenvalue weighted by molar-refractivity contribution is 7.98. The molecule has 0 bridgehead atoms. The van der Waals surface area contributed by atoms with E-state index in [1.54, 1.807) is 11.8 Å². The van der Waals surface area contributed by atoms with Gasteiger partial charge < -0.3 is 4.74 Å². The molecule has 3 heteroatoms. The number of benzene rings is 1. The predicted octanol–water partition coefficient (Wildman–Crippen LogP) is 4.48. The Kier molecular flexibility index (Phi) is 4.76. The zero-order valence-corrected chi connectivity index (χ0v) is 12.7. The first-order valence-electron chi connectivity index (χ1n) is 6.89. The molecule has 19 heavy (non-hydrogen) atoms. The van der Waals surface area contributed by atoms with E-state index in [9.17, 15) is 5.26 Å². The first kappa shape index (κ1) is 14.3. The van der Waals surface area contributed by atoms with Crippen molar-refractivity contribution >= 4 is 11.8 Å². The summed E-state index contributed by atoms with van der Waals surface area (Å²) in [4.78, 5) is 0.997. The second-order valence-corrected chi connectivity index (χ2v) is 6.30. The van der Waals surface area contributed by atoms with Crippen LogP contribution in [0.3, 0.4) is 0 Å². The molecular weight excluding hydrogens is 254 g/mol. The van der Waals surface area contributed by atoms with Gasteiger partial charge in [-0.3, -0.25) is 0 Å². The minimum Gasteiger partial charge on any atom is -0.489 e. The van der Waals surface area contributed by atoms with Crippen molar-refractivity contribution in [3.63, 3.8) is 0 Å². The van der Waals surface area contributed by atoms with Crippen LogP contribution >= 0.6 is 11.8 Å². The van der Waals surface area contributed by atoms with E-state index < -0.39 is 0 Å². The first-order valence-corrected chi connectivity index (χ1v) is 8.12. The Labute approximate surface area is 120 Å². The summed E-state index contributed by atoms with van der Waals surface area (Å²) in [6.07, 6.45) is 5.66. The number of thioether (sulfide) groups is 1. The molecule has 0 saturated heterocycles. The van der Waals surface area contributed by atoms with Gasteiger partial charge in [0.25, 0.3) is 0 Å². The van der Waals surface area contributed by atoms with Crippen molar-refractivity contribution in [3.05, 3.63) is 23.8 Å². The summed E-state index contributed by atoms with van der Waals surface area (Å²) < 4.78 is 6.10. The molecule has 2 nitrogen and oxygen atoms in total. The third-order valence-electron chi connectivity index (χ3n) is 4.16. The fourth-order valence-corrected chi connectivity index (χ4v) is 3.24. The minimum absolute atomic E-state index is 0.260. The largest absolute Gasteiger partial charge is 0.489 e. The number of rotatable bonds is 3. The highest BCUT2D eigenvalue weighted by atomic mass is 32.2. The molecule has 2 rings (SSSR count). The van der Waals surface area contributed by atoms with E-state index >= 15 is 0 Å². The summed E-state index contributed by atoms with van der Waals surface area (Å²) in [5.41, 5.74) is 0.682. The van der Waals surface area contributed by atoms with Crippen LogP contribution in [-0.2, 0) is 0 Å². The molecule has 1 aliphatic carbocycles. The molecule has 3 unspecified atom stereocenters. The van der Waals surface area contributed by atoms with Gasteiger partial charge in [0.1, 0.15) is 17.4 Å². The normalized spacial score (nSPS) is 26.7. The molecule has 1 fully saturated rings. The van der Waals surface area contributed by atoms with Gasteiger partial charge in [-0.1, -0.05) is 19.9 Å². The van der Waals surface area contributed by atoms with Crippen LogP contribution in [-0.4, -0.2) is 12.4 Å². The molecule has 0 aliphatic heterocycles. The van der Waals surface area contributed by atoms with Crippen molar-refractivity contribution in [1.29, 1.82) is 5.26 Å². The smallest absolute Gasteiger partial charge is 0.138 e. The highest BCUT2D eigenvalue weighted by Gasteiger charge is 2.26. The molecule has 0 spiro atoms. The van der Waals surface area contributed by atoms with Crippen molar-refractivity contribution in [1.82, 2.24) is 0 Å². The van der Waals surface area contributed by atoms with Gasteiger partial charge in [-0.05, 0) is 49.5 Å². The Morgan fingerprint density at radius 2 is 2.05 bits per heavy atom. The molecule has 1 aromatic carbocycles. The quantitative estimate of drug-likeness (QED) is 0.762. The molecule has 0 amide bonds. The number of hydrogen-bond acceptors (Lipinski definition) is 3. The Hall–Kier alpha value is -1.14. The molecule has 0 heterocycles. The first-order chi connectivity index (χ1) is 9.15. The average molecular weight is 275 g/mol. The Bertz CT molecular complexity index is 480. The molecule has 3 atom stereocenters. The lowest BCUT2D eigenvalue weighted by Crippen LogP contribution is -2.29. The van der Waals surface area contributed by atoms with Gasteiger partial charge in [-0.15, -0.1) is 11.8 Å². The van der Waals surface area contributed by atoms with Crippen LogP contribution in [0.25, 0.3) is 0 Å². The van der Waals surface area contributed by atoms with E-state index in [-0.39, 0.29) is 6.10 Å². The molecule has 102 valence electrons. The maximum Gasteiger partial charge on any atom is 0.138 e. The van der Waals surface area contributed by atoms with E-state index in [0.29, 0.717) is 11.5 Å². The van der Waals surface area contributed by atoms with E-state index in [4.69, 9.17) is 4.74 Å². The number of hydrogen-bond donors (Lipinski definition) is 0. The Balaban J connectivity index is 2.14. The van der Waals surface area contributed by atoms with Crippen LogP contribution in [0.15, 0.2) is 23.1 Å². The molecule has 0 aromatic heterocycles. The summed E-state index contributed by atoms with van der Waals surface area (Å²) in [7, 11) is 0. The summed E-state index contributed by atoms with van der Waals surface area (Å²) in [5.74, 6) is 2.24. The number of ether oxygens (including phenoxy) is 1. The van der Waals surface area contributed by atoms with Crippen LogP contribution < -0.4 is 4.74 Å². The monoisotopic (exact) mass is 275 g/mol. The van der Waals surface area contributed by atoms with Gasteiger partial charge >= 0.3 is 0 Å². The Morgan fingerprint density at radius 1 is 1.26 bits per heavy atom. The van der Waals surface area contributed by atoms with E-state index in [2.05, 4.69) is 19.9 Å². The zero-order chi connectivity index (χ0) is 13.8. The summed E-state index contributed by atoms with van der Waals surface area (Å²) in [6, 6.07) is 8.14. The second kappa shape index (κ2) is 6.34. The van der Waals surface area contributed by atoms with Gasteiger partial charge in [0.05, 0.1) is 6.10 Å². The van der Waals surface area contributed by atoms with Crippen molar-refractivity contribution in [2.75, 3.05) is 6.26 Å². The van der Waals surface area contributed by atoms with Gasteiger partial charge in [-0.2, -0.15) is 5.26 Å². The summed E-state index contributed by atoms with van der Waals surface area (Å²) >= 11 is 1.59. The van der Waals surface area contributed by atoms with Gasteiger partial charge in [0, 0.05) is 4.90 Å². The van der Waals surface area contributed by atoms with Crippen LogP contribution in [0.1, 0.15) is 38.7 Å². The third-order valence-corrected chi connectivity index (χ3v) is 4.94. The van der Waals surface area contributed by atoms with Crippen molar-refractivity contribution < 1.29 is 4.74 Å². The van der Waals surface area contributed by atoms with Gasteiger partial charge in [-0.25, -0.2) is 0 Å². The molecule has 1 aliphatic rings. The maximum atomic E-state index is 9.31. The summed E-state index contributed by atoms with van der Waals surface area (Å²) in [6.45, 7) is 4.61. The average Bonchev–Trinajstić information content (AvgIpc) is 2.42. The standard InChI is InChI=1S/C16H21NOS/c1-11-7-8-13(9-12(11)2)18-15-5-4-6-16(19-3)14(15)10-17/h4-6,11-13H,7-9H2,1-3H3. The molecule has 0 radical (unpaired) electrons. The van der Waals surface area contributed by atoms with Crippen LogP contribution in [0.4, 0.5) is 0 Å². The van der Waals surface area contributed by atoms with Crippen LogP contribution in [0.2, 0.25) is 0 Å². The summed E-state index contributed by atoms with van der Waals surface area (Å²) in [5, 5.41) is 9.31. The number of nitrogens with zero attached hydrogens (tertiary/aromatic N) is 1. The zero-order valence-electron chi connectivity index (χ0n) is 11.8. The van der Waals surface area contributed by atoms with Gasteiger partial charge in [0.15, 0.2) is 0 Å². The fourth-order valence-electron chi connectivity index (χ4n) is 2.67. The second-order valence-electron chi connectivity index (χ2n) is 5.45. The molecule has 0 N–H and O–H groups in total. The van der Waals surface area contributed by atoms with E-state index in [1.165, 1.54) is 6.42 Å². The topological polar surface area (TPSA) is 33.0 Å².